The minimum Gasteiger partial charge on any atom is -0.496 e. The highest BCUT2D eigenvalue weighted by Gasteiger charge is 2.12. The molecule has 5 nitrogen and oxygen atoms in total. The molecule has 5 heteroatoms. The second kappa shape index (κ2) is 5.57. The highest BCUT2D eigenvalue weighted by molar-refractivity contribution is 5.67. The number of hydrogen-bond donors (Lipinski definition) is 1. The number of nitriles is 1. The summed E-state index contributed by atoms with van der Waals surface area (Å²) >= 11 is 0. The maximum absolute atomic E-state index is 8.84. The van der Waals surface area contributed by atoms with Crippen molar-refractivity contribution in [1.82, 2.24) is 9.97 Å². The second-order valence-electron chi connectivity index (χ2n) is 4.72. The van der Waals surface area contributed by atoms with Crippen molar-refractivity contribution in [3.63, 3.8) is 0 Å². The second-order valence-corrected chi connectivity index (χ2v) is 4.72. The SMILES string of the molecule is COc1cc(C(C)C)ccc1-c1ncc(C#N)c(N)n1. The van der Waals surface area contributed by atoms with E-state index in [0.29, 0.717) is 17.5 Å². The number of hydrogen-bond acceptors (Lipinski definition) is 5. The molecule has 0 bridgehead atoms. The molecule has 20 heavy (non-hydrogen) atoms. The van der Waals surface area contributed by atoms with E-state index in [-0.39, 0.29) is 11.4 Å². The van der Waals surface area contributed by atoms with Gasteiger partial charge >= 0.3 is 0 Å². The summed E-state index contributed by atoms with van der Waals surface area (Å²) in [5, 5.41) is 8.84. The molecule has 0 amide bonds. The number of nitrogen functional groups attached to an aromatic ring is 1. The molecule has 0 saturated heterocycles. The highest BCUT2D eigenvalue weighted by Crippen LogP contribution is 2.31. The highest BCUT2D eigenvalue weighted by atomic mass is 16.5. The van der Waals surface area contributed by atoms with Gasteiger partial charge in [0, 0.05) is 0 Å². The van der Waals surface area contributed by atoms with E-state index < -0.39 is 0 Å². The van der Waals surface area contributed by atoms with Gasteiger partial charge in [-0.2, -0.15) is 5.26 Å². The van der Waals surface area contributed by atoms with Gasteiger partial charge in [-0.1, -0.05) is 19.9 Å². The van der Waals surface area contributed by atoms with Gasteiger partial charge in [0.2, 0.25) is 0 Å². The van der Waals surface area contributed by atoms with E-state index in [1.54, 1.807) is 7.11 Å². The number of aromatic nitrogens is 2. The van der Waals surface area contributed by atoms with Crippen molar-refractivity contribution in [2.45, 2.75) is 19.8 Å². The summed E-state index contributed by atoms with van der Waals surface area (Å²) in [5.74, 6) is 1.73. The van der Waals surface area contributed by atoms with Crippen LogP contribution in [-0.4, -0.2) is 17.1 Å². The van der Waals surface area contributed by atoms with Crippen LogP contribution in [0, 0.1) is 11.3 Å². The van der Waals surface area contributed by atoms with Crippen molar-refractivity contribution in [2.24, 2.45) is 0 Å². The fourth-order valence-electron chi connectivity index (χ4n) is 1.86. The molecule has 0 radical (unpaired) electrons. The largest absolute Gasteiger partial charge is 0.496 e. The van der Waals surface area contributed by atoms with Crippen LogP contribution in [0.4, 0.5) is 5.82 Å². The predicted octanol–water partition coefficient (Wildman–Crippen LogP) is 2.73. The fourth-order valence-corrected chi connectivity index (χ4v) is 1.86. The van der Waals surface area contributed by atoms with E-state index in [4.69, 9.17) is 15.7 Å². The summed E-state index contributed by atoms with van der Waals surface area (Å²) in [4.78, 5) is 8.33. The van der Waals surface area contributed by atoms with Crippen LogP contribution in [0.2, 0.25) is 0 Å². The quantitative estimate of drug-likeness (QED) is 0.925. The number of nitrogens with zero attached hydrogens (tertiary/aromatic N) is 3. The van der Waals surface area contributed by atoms with Crippen LogP contribution in [0.1, 0.15) is 30.9 Å². The van der Waals surface area contributed by atoms with Crippen molar-refractivity contribution in [3.8, 4) is 23.2 Å². The monoisotopic (exact) mass is 268 g/mol. The number of benzene rings is 1. The van der Waals surface area contributed by atoms with E-state index in [2.05, 4.69) is 23.8 Å². The zero-order valence-electron chi connectivity index (χ0n) is 11.7. The third-order valence-corrected chi connectivity index (χ3v) is 3.07. The molecular formula is C15H16N4O. The minimum atomic E-state index is 0.174. The van der Waals surface area contributed by atoms with Crippen LogP contribution in [0.15, 0.2) is 24.4 Å². The zero-order valence-corrected chi connectivity index (χ0v) is 11.7. The average Bonchev–Trinajstić information content (AvgIpc) is 2.46. The maximum Gasteiger partial charge on any atom is 0.165 e. The number of methoxy groups -OCH3 is 1. The van der Waals surface area contributed by atoms with Crippen molar-refractivity contribution in [2.75, 3.05) is 12.8 Å². The van der Waals surface area contributed by atoms with E-state index in [0.717, 1.165) is 5.56 Å². The van der Waals surface area contributed by atoms with E-state index in [9.17, 15) is 0 Å². The lowest BCUT2D eigenvalue weighted by molar-refractivity contribution is 0.415. The van der Waals surface area contributed by atoms with Crippen molar-refractivity contribution in [3.05, 3.63) is 35.5 Å². The molecule has 0 spiro atoms. The van der Waals surface area contributed by atoms with Gasteiger partial charge in [0.15, 0.2) is 5.82 Å². The Labute approximate surface area is 118 Å². The Hall–Kier alpha value is -2.61. The number of anilines is 1. The molecule has 102 valence electrons. The van der Waals surface area contributed by atoms with Crippen LogP contribution >= 0.6 is 0 Å². The Bertz CT molecular complexity index is 674. The predicted molar refractivity (Wildman–Crippen MR) is 77.2 cm³/mol. The summed E-state index contributed by atoms with van der Waals surface area (Å²) in [7, 11) is 1.61. The molecule has 0 unspecified atom stereocenters. The molecule has 0 fully saturated rings. The maximum atomic E-state index is 8.84. The van der Waals surface area contributed by atoms with E-state index in [1.165, 1.54) is 11.8 Å². The van der Waals surface area contributed by atoms with E-state index >= 15 is 0 Å². The molecule has 0 aliphatic rings. The summed E-state index contributed by atoms with van der Waals surface area (Å²) in [5.41, 5.74) is 7.93. The first-order chi connectivity index (χ1) is 9.56. The van der Waals surface area contributed by atoms with Crippen LogP contribution in [0.25, 0.3) is 11.4 Å². The lowest BCUT2D eigenvalue weighted by Crippen LogP contribution is -2.00. The van der Waals surface area contributed by atoms with Crippen LogP contribution in [0.3, 0.4) is 0 Å². The molecule has 2 rings (SSSR count). The summed E-state index contributed by atoms with van der Waals surface area (Å²) < 4.78 is 5.40. The number of ether oxygens (including phenoxy) is 1. The Morgan fingerprint density at radius 3 is 2.65 bits per heavy atom. The molecule has 0 atom stereocenters. The van der Waals surface area contributed by atoms with Gasteiger partial charge < -0.3 is 10.5 Å². The van der Waals surface area contributed by atoms with Gasteiger partial charge in [-0.05, 0) is 23.6 Å². The standard InChI is InChI=1S/C15H16N4O/c1-9(2)10-4-5-12(13(6-10)20-3)15-18-8-11(7-16)14(17)19-15/h4-6,8-9H,1-3H3,(H2,17,18,19). The van der Waals surface area contributed by atoms with Crippen molar-refractivity contribution in [1.29, 1.82) is 5.26 Å². The van der Waals surface area contributed by atoms with Gasteiger partial charge in [-0.3, -0.25) is 0 Å². The first kappa shape index (κ1) is 13.8. The van der Waals surface area contributed by atoms with E-state index in [1.807, 2.05) is 24.3 Å². The molecule has 0 aliphatic carbocycles. The van der Waals surface area contributed by atoms with Crippen molar-refractivity contribution < 1.29 is 4.74 Å². The third kappa shape index (κ3) is 2.54. The molecule has 1 aromatic carbocycles. The zero-order chi connectivity index (χ0) is 14.7. The summed E-state index contributed by atoms with van der Waals surface area (Å²) in [6.45, 7) is 4.23. The number of rotatable bonds is 3. The van der Waals surface area contributed by atoms with Gasteiger partial charge in [-0.25, -0.2) is 9.97 Å². The lowest BCUT2D eigenvalue weighted by Gasteiger charge is -2.12. The molecule has 1 heterocycles. The van der Waals surface area contributed by atoms with Crippen LogP contribution in [-0.2, 0) is 0 Å². The minimum absolute atomic E-state index is 0.174. The van der Waals surface area contributed by atoms with Gasteiger partial charge in [0.05, 0.1) is 18.9 Å². The Morgan fingerprint density at radius 1 is 1.35 bits per heavy atom. The molecule has 1 aromatic heterocycles. The third-order valence-electron chi connectivity index (χ3n) is 3.07. The van der Waals surface area contributed by atoms with Gasteiger partial charge in [0.1, 0.15) is 23.2 Å². The lowest BCUT2D eigenvalue weighted by atomic mass is 10.0. The average molecular weight is 268 g/mol. The Morgan fingerprint density at radius 2 is 2.10 bits per heavy atom. The smallest absolute Gasteiger partial charge is 0.165 e. The Balaban J connectivity index is 2.52. The van der Waals surface area contributed by atoms with Crippen molar-refractivity contribution >= 4 is 5.82 Å². The van der Waals surface area contributed by atoms with Gasteiger partial charge in [-0.15, -0.1) is 0 Å². The first-order valence-corrected chi connectivity index (χ1v) is 6.27. The van der Waals surface area contributed by atoms with Gasteiger partial charge in [0.25, 0.3) is 0 Å². The molecule has 2 aromatic rings. The Kier molecular flexibility index (Phi) is 3.85. The summed E-state index contributed by atoms with van der Waals surface area (Å²) in [6.07, 6.45) is 1.42. The normalized spacial score (nSPS) is 10.3. The fraction of sp³-hybridized carbons (Fsp3) is 0.267. The van der Waals surface area contributed by atoms with Crippen LogP contribution < -0.4 is 10.5 Å². The molecule has 0 saturated carbocycles. The number of nitrogens with two attached hydrogens (primary N) is 1. The molecular weight excluding hydrogens is 252 g/mol. The first-order valence-electron chi connectivity index (χ1n) is 6.27. The molecule has 0 aliphatic heterocycles. The topological polar surface area (TPSA) is 84.8 Å². The molecule has 2 N–H and O–H groups in total. The summed E-state index contributed by atoms with van der Waals surface area (Å²) in [6, 6.07) is 7.84. The van der Waals surface area contributed by atoms with Crippen LogP contribution in [0.5, 0.6) is 5.75 Å².